The predicted molar refractivity (Wildman–Crippen MR) is 51.7 cm³/mol. The van der Waals surface area contributed by atoms with E-state index in [-0.39, 0.29) is 3.57 Å². The first-order valence-corrected chi connectivity index (χ1v) is 4.83. The maximum Gasteiger partial charge on any atom is 0.433 e. The summed E-state index contributed by atoms with van der Waals surface area (Å²) in [7, 11) is 0. The topological polar surface area (TPSA) is 12.9 Å². The van der Waals surface area contributed by atoms with Crippen LogP contribution in [0.25, 0.3) is 0 Å². The summed E-state index contributed by atoms with van der Waals surface area (Å²) >= 11 is 1.54. The summed E-state index contributed by atoms with van der Waals surface area (Å²) in [6.45, 7) is 0.999. The number of rotatable bonds is 1. The van der Waals surface area contributed by atoms with Crippen molar-refractivity contribution in [1.82, 2.24) is 4.98 Å². The molecule has 0 saturated carbocycles. The van der Waals surface area contributed by atoms with Crippen molar-refractivity contribution in [3.05, 3.63) is 26.6 Å². The van der Waals surface area contributed by atoms with Crippen molar-refractivity contribution >= 4 is 22.6 Å². The lowest BCUT2D eigenvalue weighted by molar-refractivity contribution is -0.141. The van der Waals surface area contributed by atoms with E-state index in [4.69, 9.17) is 0 Å². The third kappa shape index (κ3) is 2.56. The molecule has 0 radical (unpaired) electrons. The molecule has 1 aromatic heterocycles. The Hall–Kier alpha value is -0.470. The van der Waals surface area contributed by atoms with Gasteiger partial charge in [-0.15, -0.1) is 0 Å². The minimum absolute atomic E-state index is 0.0353. The van der Waals surface area contributed by atoms with E-state index < -0.39 is 29.4 Å². The molecule has 0 saturated heterocycles. The Bertz CT molecular complexity index is 374. The minimum Gasteiger partial charge on any atom is -0.250 e. The second-order valence-corrected chi connectivity index (χ2v) is 3.95. The molecule has 7 heteroatoms. The molecule has 0 aliphatic heterocycles. The van der Waals surface area contributed by atoms with Crippen LogP contribution in [-0.2, 0) is 6.18 Å². The molecule has 0 aromatic carbocycles. The van der Waals surface area contributed by atoms with Gasteiger partial charge >= 0.3 is 6.18 Å². The highest BCUT2D eigenvalue weighted by atomic mass is 127. The average molecular weight is 337 g/mol. The molecule has 84 valence electrons. The van der Waals surface area contributed by atoms with Gasteiger partial charge in [0.05, 0.1) is 0 Å². The SMILES string of the molecule is Cc1c(C(F)(F)F)ncc(I)c1C(F)F. The quantitative estimate of drug-likeness (QED) is 0.559. The Morgan fingerprint density at radius 3 is 2.27 bits per heavy atom. The Kier molecular flexibility index (Phi) is 3.51. The molecule has 0 unspecified atom stereocenters. The molecular formula is C8H5F5IN. The smallest absolute Gasteiger partial charge is 0.250 e. The zero-order chi connectivity index (χ0) is 11.8. The molecule has 0 aliphatic carbocycles. The van der Waals surface area contributed by atoms with E-state index in [2.05, 4.69) is 4.98 Å². The van der Waals surface area contributed by atoms with E-state index >= 15 is 0 Å². The van der Waals surface area contributed by atoms with Crippen LogP contribution in [0, 0.1) is 10.5 Å². The number of halogens is 6. The van der Waals surface area contributed by atoms with E-state index in [9.17, 15) is 22.0 Å². The number of nitrogens with zero attached hydrogens (tertiary/aromatic N) is 1. The van der Waals surface area contributed by atoms with Crippen molar-refractivity contribution in [3.8, 4) is 0 Å². The molecule has 0 bridgehead atoms. The molecule has 1 aromatic rings. The van der Waals surface area contributed by atoms with Gasteiger partial charge in [0, 0.05) is 15.3 Å². The summed E-state index contributed by atoms with van der Waals surface area (Å²) in [4.78, 5) is 3.13. The van der Waals surface area contributed by atoms with Gasteiger partial charge < -0.3 is 0 Å². The largest absolute Gasteiger partial charge is 0.433 e. The first-order valence-electron chi connectivity index (χ1n) is 3.75. The van der Waals surface area contributed by atoms with E-state index in [1.807, 2.05) is 0 Å². The Labute approximate surface area is 95.8 Å². The summed E-state index contributed by atoms with van der Waals surface area (Å²) in [5, 5.41) is 0. The molecule has 0 atom stereocenters. The predicted octanol–water partition coefficient (Wildman–Crippen LogP) is 3.95. The van der Waals surface area contributed by atoms with Gasteiger partial charge in [-0.25, -0.2) is 8.78 Å². The molecule has 1 rings (SSSR count). The maximum atomic E-state index is 12.5. The first kappa shape index (κ1) is 12.6. The number of alkyl halides is 5. The lowest BCUT2D eigenvalue weighted by Crippen LogP contribution is -2.13. The molecule has 1 heterocycles. The van der Waals surface area contributed by atoms with E-state index in [0.29, 0.717) is 0 Å². The van der Waals surface area contributed by atoms with Crippen LogP contribution in [0.15, 0.2) is 6.20 Å². The fourth-order valence-corrected chi connectivity index (χ4v) is 1.93. The van der Waals surface area contributed by atoms with Gasteiger partial charge in [0.1, 0.15) is 5.69 Å². The van der Waals surface area contributed by atoms with Gasteiger partial charge in [-0.2, -0.15) is 13.2 Å². The number of aromatic nitrogens is 1. The van der Waals surface area contributed by atoms with Crippen molar-refractivity contribution in [2.75, 3.05) is 0 Å². The number of pyridine rings is 1. The summed E-state index contributed by atoms with van der Waals surface area (Å²) < 4.78 is 61.9. The second kappa shape index (κ2) is 4.18. The highest BCUT2D eigenvalue weighted by Gasteiger charge is 2.36. The second-order valence-electron chi connectivity index (χ2n) is 2.79. The van der Waals surface area contributed by atoms with Crippen LogP contribution in [0.4, 0.5) is 22.0 Å². The molecular weight excluding hydrogens is 332 g/mol. The molecule has 0 amide bonds. The number of hydrogen-bond acceptors (Lipinski definition) is 1. The van der Waals surface area contributed by atoms with Crippen molar-refractivity contribution in [1.29, 1.82) is 0 Å². The summed E-state index contributed by atoms with van der Waals surface area (Å²) in [5.41, 5.74) is -2.36. The standard InChI is InChI=1S/C8H5F5IN/c1-3-5(7(9)10)4(14)2-15-6(3)8(11,12)13/h2,7H,1H3. The Morgan fingerprint density at radius 2 is 1.87 bits per heavy atom. The summed E-state index contributed by atoms with van der Waals surface area (Å²) in [6, 6.07) is 0. The molecule has 1 nitrogen and oxygen atoms in total. The van der Waals surface area contributed by atoms with Gasteiger partial charge in [0.15, 0.2) is 0 Å². The first-order chi connectivity index (χ1) is 6.75. The van der Waals surface area contributed by atoms with E-state index in [0.717, 1.165) is 13.1 Å². The highest BCUT2D eigenvalue weighted by Crippen LogP contribution is 2.35. The van der Waals surface area contributed by atoms with E-state index in [1.165, 1.54) is 22.6 Å². The van der Waals surface area contributed by atoms with Gasteiger partial charge in [-0.05, 0) is 35.1 Å². The van der Waals surface area contributed by atoms with Crippen molar-refractivity contribution < 1.29 is 22.0 Å². The minimum atomic E-state index is -4.70. The lowest BCUT2D eigenvalue weighted by atomic mass is 10.1. The van der Waals surface area contributed by atoms with Crippen LogP contribution < -0.4 is 0 Å². The fourth-order valence-electron chi connectivity index (χ4n) is 1.15. The van der Waals surface area contributed by atoms with Crippen LogP contribution >= 0.6 is 22.6 Å². The Balaban J connectivity index is 3.42. The molecule has 0 spiro atoms. The fraction of sp³-hybridized carbons (Fsp3) is 0.375. The zero-order valence-corrected chi connectivity index (χ0v) is 9.53. The average Bonchev–Trinajstić information content (AvgIpc) is 2.00. The third-order valence-corrected chi connectivity index (χ3v) is 2.67. The van der Waals surface area contributed by atoms with Crippen LogP contribution in [0.3, 0.4) is 0 Å². The van der Waals surface area contributed by atoms with Gasteiger partial charge in [-0.3, -0.25) is 4.98 Å². The van der Waals surface area contributed by atoms with Crippen molar-refractivity contribution in [3.63, 3.8) is 0 Å². The van der Waals surface area contributed by atoms with E-state index in [1.54, 1.807) is 0 Å². The molecule has 0 aliphatic rings. The van der Waals surface area contributed by atoms with Crippen LogP contribution in [0.5, 0.6) is 0 Å². The van der Waals surface area contributed by atoms with Gasteiger partial charge in [0.25, 0.3) is 6.43 Å². The van der Waals surface area contributed by atoms with Gasteiger partial charge in [0.2, 0.25) is 0 Å². The van der Waals surface area contributed by atoms with Crippen molar-refractivity contribution in [2.24, 2.45) is 0 Å². The van der Waals surface area contributed by atoms with Gasteiger partial charge in [-0.1, -0.05) is 0 Å². The van der Waals surface area contributed by atoms with Crippen molar-refractivity contribution in [2.45, 2.75) is 19.5 Å². The molecule has 0 fully saturated rings. The monoisotopic (exact) mass is 337 g/mol. The van der Waals surface area contributed by atoms with Crippen LogP contribution in [0.1, 0.15) is 23.2 Å². The zero-order valence-electron chi connectivity index (χ0n) is 7.37. The Morgan fingerprint density at radius 1 is 1.33 bits per heavy atom. The lowest BCUT2D eigenvalue weighted by Gasteiger charge is -2.13. The van der Waals surface area contributed by atoms with Crippen LogP contribution in [0.2, 0.25) is 0 Å². The molecule has 15 heavy (non-hydrogen) atoms. The summed E-state index contributed by atoms with van der Waals surface area (Å²) in [6.07, 6.45) is -6.82. The normalized spacial score (nSPS) is 12.3. The third-order valence-electron chi connectivity index (χ3n) is 1.81. The van der Waals surface area contributed by atoms with Crippen LogP contribution in [-0.4, -0.2) is 4.98 Å². The highest BCUT2D eigenvalue weighted by molar-refractivity contribution is 14.1. The maximum absolute atomic E-state index is 12.5. The number of hydrogen-bond donors (Lipinski definition) is 0. The summed E-state index contributed by atoms with van der Waals surface area (Å²) in [5.74, 6) is 0. The molecule has 0 N–H and O–H groups in total.